The van der Waals surface area contributed by atoms with Gasteiger partial charge in [-0.15, -0.1) is 11.3 Å². The zero-order valence-corrected chi connectivity index (χ0v) is 17.1. The summed E-state index contributed by atoms with van der Waals surface area (Å²) in [5.41, 5.74) is 0.311. The van der Waals surface area contributed by atoms with Crippen molar-refractivity contribution in [3.63, 3.8) is 0 Å². The molecule has 0 radical (unpaired) electrons. The number of hydrogen-bond donors (Lipinski definition) is 2. The summed E-state index contributed by atoms with van der Waals surface area (Å²) < 4.78 is 10.5. The third kappa shape index (κ3) is 4.30. The Balaban J connectivity index is 1.58. The zero-order chi connectivity index (χ0) is 20.0. The Labute approximate surface area is 169 Å². The molecule has 0 saturated heterocycles. The summed E-state index contributed by atoms with van der Waals surface area (Å²) >= 11 is 1.75. The molecule has 28 heavy (non-hydrogen) atoms. The van der Waals surface area contributed by atoms with Crippen molar-refractivity contribution in [1.29, 1.82) is 0 Å². The molecular formula is C21H26N2O4S. The number of nitrogens with one attached hydrogen (secondary N) is 2. The highest BCUT2D eigenvalue weighted by Crippen LogP contribution is 2.42. The first-order chi connectivity index (χ1) is 13.6. The second kappa shape index (κ2) is 9.10. The smallest absolute Gasteiger partial charge is 0.259 e. The monoisotopic (exact) mass is 402 g/mol. The highest BCUT2D eigenvalue weighted by molar-refractivity contribution is 7.10. The minimum Gasteiger partial charge on any atom is -0.496 e. The summed E-state index contributed by atoms with van der Waals surface area (Å²) in [6.45, 7) is 0.501. The van der Waals surface area contributed by atoms with Gasteiger partial charge in [-0.3, -0.25) is 9.59 Å². The molecule has 1 aliphatic rings. The molecule has 0 bridgehead atoms. The second-order valence-corrected chi connectivity index (χ2v) is 7.91. The molecule has 0 unspecified atom stereocenters. The number of hydrogen-bond acceptors (Lipinski definition) is 5. The number of rotatable bonds is 8. The van der Waals surface area contributed by atoms with Crippen molar-refractivity contribution in [3.8, 4) is 11.5 Å². The van der Waals surface area contributed by atoms with Crippen LogP contribution in [0.15, 0.2) is 35.7 Å². The van der Waals surface area contributed by atoms with Gasteiger partial charge in [0, 0.05) is 16.8 Å². The van der Waals surface area contributed by atoms with E-state index < -0.39 is 5.91 Å². The van der Waals surface area contributed by atoms with Crippen molar-refractivity contribution in [1.82, 2.24) is 10.6 Å². The average Bonchev–Trinajstić information content (AvgIpc) is 3.42. The molecule has 0 aliphatic heterocycles. The molecule has 2 N–H and O–H groups in total. The Hall–Kier alpha value is -2.54. The Morgan fingerprint density at radius 2 is 1.71 bits per heavy atom. The molecule has 1 aliphatic carbocycles. The van der Waals surface area contributed by atoms with E-state index in [2.05, 4.69) is 28.1 Å². The van der Waals surface area contributed by atoms with E-state index in [1.165, 1.54) is 31.9 Å². The topological polar surface area (TPSA) is 76.7 Å². The van der Waals surface area contributed by atoms with Crippen LogP contribution >= 0.6 is 11.3 Å². The predicted octanol–water partition coefficient (Wildman–Crippen LogP) is 3.12. The molecule has 1 aromatic carbocycles. The SMILES string of the molecule is COc1cccc(OC)c1C(=O)NCC(=O)NCC1(c2cccs2)CCCC1. The van der Waals surface area contributed by atoms with Crippen LogP contribution in [0.3, 0.4) is 0 Å². The van der Waals surface area contributed by atoms with E-state index in [0.717, 1.165) is 12.8 Å². The van der Waals surface area contributed by atoms with Gasteiger partial charge in [-0.05, 0) is 36.4 Å². The average molecular weight is 403 g/mol. The molecule has 1 fully saturated rings. The van der Waals surface area contributed by atoms with Crippen molar-refractivity contribution in [2.75, 3.05) is 27.3 Å². The molecule has 7 heteroatoms. The third-order valence-electron chi connectivity index (χ3n) is 5.29. The lowest BCUT2D eigenvalue weighted by Gasteiger charge is -2.28. The number of amides is 2. The Bertz CT molecular complexity index is 792. The molecule has 2 amide bonds. The van der Waals surface area contributed by atoms with Gasteiger partial charge in [-0.1, -0.05) is 25.0 Å². The van der Waals surface area contributed by atoms with E-state index in [1.807, 2.05) is 0 Å². The number of carbonyl (C=O) groups is 2. The molecule has 1 aromatic heterocycles. The summed E-state index contributed by atoms with van der Waals surface area (Å²) in [6.07, 6.45) is 4.52. The van der Waals surface area contributed by atoms with Crippen LogP contribution < -0.4 is 20.1 Å². The minimum atomic E-state index is -0.404. The van der Waals surface area contributed by atoms with Gasteiger partial charge < -0.3 is 20.1 Å². The van der Waals surface area contributed by atoms with E-state index >= 15 is 0 Å². The first kappa shape index (κ1) is 20.2. The Morgan fingerprint density at radius 1 is 1.04 bits per heavy atom. The van der Waals surface area contributed by atoms with Gasteiger partial charge in [0.15, 0.2) is 0 Å². The molecule has 150 valence electrons. The number of benzene rings is 1. The van der Waals surface area contributed by atoms with Crippen molar-refractivity contribution in [2.45, 2.75) is 31.1 Å². The van der Waals surface area contributed by atoms with Crippen LogP contribution in [0.1, 0.15) is 40.9 Å². The molecule has 3 rings (SSSR count). The lowest BCUT2D eigenvalue weighted by molar-refractivity contribution is -0.120. The lowest BCUT2D eigenvalue weighted by atomic mass is 9.84. The van der Waals surface area contributed by atoms with E-state index in [-0.39, 0.29) is 23.4 Å². The lowest BCUT2D eigenvalue weighted by Crippen LogP contribution is -2.43. The molecule has 1 heterocycles. The highest BCUT2D eigenvalue weighted by Gasteiger charge is 2.36. The second-order valence-electron chi connectivity index (χ2n) is 6.96. The van der Waals surface area contributed by atoms with Crippen LogP contribution in [-0.4, -0.2) is 39.1 Å². The van der Waals surface area contributed by atoms with Crippen LogP contribution in [-0.2, 0) is 10.2 Å². The van der Waals surface area contributed by atoms with Gasteiger partial charge in [0.25, 0.3) is 5.91 Å². The van der Waals surface area contributed by atoms with E-state index in [9.17, 15) is 9.59 Å². The van der Waals surface area contributed by atoms with Gasteiger partial charge in [-0.25, -0.2) is 0 Å². The molecule has 0 atom stereocenters. The van der Waals surface area contributed by atoms with Gasteiger partial charge in [0.2, 0.25) is 5.91 Å². The maximum Gasteiger partial charge on any atom is 0.259 e. The third-order valence-corrected chi connectivity index (χ3v) is 6.41. The van der Waals surface area contributed by atoms with Crippen LogP contribution in [0.25, 0.3) is 0 Å². The van der Waals surface area contributed by atoms with Crippen molar-refractivity contribution in [2.24, 2.45) is 0 Å². The predicted molar refractivity (Wildman–Crippen MR) is 109 cm³/mol. The standard InChI is InChI=1S/C21H26N2O4S/c1-26-15-7-5-8-16(27-2)19(15)20(25)22-13-18(24)23-14-21(10-3-4-11-21)17-9-6-12-28-17/h5-9,12H,3-4,10-11,13-14H2,1-2H3,(H,22,25)(H,23,24). The van der Waals surface area contributed by atoms with Crippen LogP contribution in [0.5, 0.6) is 11.5 Å². The van der Waals surface area contributed by atoms with E-state index in [1.54, 1.807) is 29.5 Å². The number of carbonyl (C=O) groups excluding carboxylic acids is 2. The number of ether oxygens (including phenoxy) is 2. The fourth-order valence-corrected chi connectivity index (χ4v) is 4.78. The zero-order valence-electron chi connectivity index (χ0n) is 16.2. The van der Waals surface area contributed by atoms with Crippen LogP contribution in [0, 0.1) is 0 Å². The molecule has 6 nitrogen and oxygen atoms in total. The van der Waals surface area contributed by atoms with Gasteiger partial charge in [-0.2, -0.15) is 0 Å². The number of thiophene rings is 1. The first-order valence-corrected chi connectivity index (χ1v) is 10.3. The van der Waals surface area contributed by atoms with E-state index in [0.29, 0.717) is 18.0 Å². The normalized spacial score (nSPS) is 15.1. The maximum atomic E-state index is 12.6. The summed E-state index contributed by atoms with van der Waals surface area (Å²) in [5.74, 6) is 0.197. The summed E-state index contributed by atoms with van der Waals surface area (Å²) in [6, 6.07) is 9.32. The summed E-state index contributed by atoms with van der Waals surface area (Å²) in [5, 5.41) is 7.75. The maximum absolute atomic E-state index is 12.6. The van der Waals surface area contributed by atoms with Gasteiger partial charge >= 0.3 is 0 Å². The van der Waals surface area contributed by atoms with Crippen molar-refractivity contribution < 1.29 is 19.1 Å². The fourth-order valence-electron chi connectivity index (χ4n) is 3.80. The molecule has 1 saturated carbocycles. The van der Waals surface area contributed by atoms with Crippen LogP contribution in [0.2, 0.25) is 0 Å². The quantitative estimate of drug-likeness (QED) is 0.711. The molecule has 2 aromatic rings. The number of methoxy groups -OCH3 is 2. The minimum absolute atomic E-state index is 0.0275. The van der Waals surface area contributed by atoms with Crippen molar-refractivity contribution >= 4 is 23.2 Å². The van der Waals surface area contributed by atoms with E-state index in [4.69, 9.17) is 9.47 Å². The molecule has 0 spiro atoms. The van der Waals surface area contributed by atoms with Crippen molar-refractivity contribution in [3.05, 3.63) is 46.2 Å². The fraction of sp³-hybridized carbons (Fsp3) is 0.429. The van der Waals surface area contributed by atoms with Gasteiger partial charge in [0.05, 0.1) is 20.8 Å². The Kier molecular flexibility index (Phi) is 6.57. The highest BCUT2D eigenvalue weighted by atomic mass is 32.1. The first-order valence-electron chi connectivity index (χ1n) is 9.39. The van der Waals surface area contributed by atoms with Gasteiger partial charge in [0.1, 0.15) is 17.1 Å². The largest absolute Gasteiger partial charge is 0.496 e. The summed E-state index contributed by atoms with van der Waals surface area (Å²) in [7, 11) is 2.98. The van der Waals surface area contributed by atoms with Crippen LogP contribution in [0.4, 0.5) is 0 Å². The summed E-state index contributed by atoms with van der Waals surface area (Å²) in [4.78, 5) is 26.3. The Morgan fingerprint density at radius 3 is 2.29 bits per heavy atom. The molecular weight excluding hydrogens is 376 g/mol.